The first-order valence-electron chi connectivity index (χ1n) is 5.40. The van der Waals surface area contributed by atoms with Crippen LogP contribution in [0.2, 0.25) is 0 Å². The van der Waals surface area contributed by atoms with Gasteiger partial charge in [-0.05, 0) is 35.3 Å². The molecule has 0 aliphatic rings. The number of aryl methyl sites for hydroxylation is 1. The third-order valence-electron chi connectivity index (χ3n) is 2.41. The maximum absolute atomic E-state index is 11.8. The summed E-state index contributed by atoms with van der Waals surface area (Å²) in [4.78, 5) is 11.8. The van der Waals surface area contributed by atoms with Crippen LogP contribution in [0.5, 0.6) is 0 Å². The molecule has 1 unspecified atom stereocenters. The van der Waals surface area contributed by atoms with Crippen LogP contribution >= 0.6 is 15.9 Å². The summed E-state index contributed by atoms with van der Waals surface area (Å²) in [7, 11) is 0. The molecule has 1 rings (SSSR count). The molecule has 0 saturated carbocycles. The van der Waals surface area contributed by atoms with Crippen LogP contribution in [0.4, 0.5) is 0 Å². The molecule has 0 spiro atoms. The minimum Gasteiger partial charge on any atom is -0.391 e. The van der Waals surface area contributed by atoms with Gasteiger partial charge in [0.1, 0.15) is 5.69 Å². The Balaban J connectivity index is 2.65. The molecular formula is C11H17BrN2O2. The van der Waals surface area contributed by atoms with E-state index >= 15 is 0 Å². The molecule has 4 nitrogen and oxygen atoms in total. The summed E-state index contributed by atoms with van der Waals surface area (Å²) in [5.74, 6) is -0.153. The Morgan fingerprint density at radius 3 is 2.88 bits per heavy atom. The average Bonchev–Trinajstić information content (AvgIpc) is 2.66. The predicted molar refractivity (Wildman–Crippen MR) is 66.4 cm³/mol. The third kappa shape index (κ3) is 3.35. The molecule has 1 heterocycles. The van der Waals surface area contributed by atoms with Crippen LogP contribution in [-0.4, -0.2) is 28.2 Å². The van der Waals surface area contributed by atoms with Gasteiger partial charge in [-0.25, -0.2) is 0 Å². The number of carbonyl (C=O) groups is 1. The van der Waals surface area contributed by atoms with Gasteiger partial charge in [-0.3, -0.25) is 4.79 Å². The number of hydrogen-bond acceptors (Lipinski definition) is 2. The lowest BCUT2D eigenvalue weighted by atomic mass is 10.3. The molecule has 0 bridgehead atoms. The molecule has 0 saturated heterocycles. The van der Waals surface area contributed by atoms with E-state index in [1.54, 1.807) is 6.07 Å². The number of aromatic nitrogens is 1. The van der Waals surface area contributed by atoms with E-state index in [1.807, 2.05) is 24.6 Å². The fraction of sp³-hybridized carbons (Fsp3) is 0.545. The molecule has 90 valence electrons. The lowest BCUT2D eigenvalue weighted by Gasteiger charge is -2.10. The summed E-state index contributed by atoms with van der Waals surface area (Å²) < 4.78 is 2.74. The lowest BCUT2D eigenvalue weighted by molar-refractivity contribution is 0.0905. The third-order valence-corrected chi connectivity index (χ3v) is 2.84. The second-order valence-corrected chi connectivity index (χ2v) is 4.52. The van der Waals surface area contributed by atoms with Gasteiger partial charge in [-0.15, -0.1) is 0 Å². The normalized spacial score (nSPS) is 12.5. The molecule has 0 fully saturated rings. The second-order valence-electron chi connectivity index (χ2n) is 3.60. The van der Waals surface area contributed by atoms with Crippen molar-refractivity contribution in [2.45, 2.75) is 32.9 Å². The zero-order valence-electron chi connectivity index (χ0n) is 9.53. The van der Waals surface area contributed by atoms with Crippen LogP contribution in [0, 0.1) is 0 Å². The largest absolute Gasteiger partial charge is 0.391 e. The highest BCUT2D eigenvalue weighted by Crippen LogP contribution is 2.14. The molecule has 0 aliphatic carbocycles. The SMILES string of the molecule is CCC(O)CNC(=O)c1cc(Br)cn1CC. The smallest absolute Gasteiger partial charge is 0.268 e. The minimum atomic E-state index is -0.475. The molecule has 1 aromatic heterocycles. The van der Waals surface area contributed by atoms with Crippen molar-refractivity contribution < 1.29 is 9.90 Å². The van der Waals surface area contributed by atoms with Crippen molar-refractivity contribution in [3.63, 3.8) is 0 Å². The van der Waals surface area contributed by atoms with Crippen LogP contribution < -0.4 is 5.32 Å². The maximum atomic E-state index is 11.8. The minimum absolute atomic E-state index is 0.153. The number of rotatable bonds is 5. The Hall–Kier alpha value is -0.810. The standard InChI is InChI=1S/C11H17BrN2O2/c1-3-9(15)6-13-11(16)10-5-8(12)7-14(10)4-2/h5,7,9,15H,3-4,6H2,1-2H3,(H,13,16). The lowest BCUT2D eigenvalue weighted by Crippen LogP contribution is -2.32. The van der Waals surface area contributed by atoms with E-state index in [1.165, 1.54) is 0 Å². The number of aliphatic hydroxyl groups excluding tert-OH is 1. The number of halogens is 1. The summed E-state index contributed by atoms with van der Waals surface area (Å²) in [6, 6.07) is 1.77. The van der Waals surface area contributed by atoms with Crippen LogP contribution in [0.15, 0.2) is 16.7 Å². The van der Waals surface area contributed by atoms with Gasteiger partial charge in [0.05, 0.1) is 6.10 Å². The monoisotopic (exact) mass is 288 g/mol. The van der Waals surface area contributed by atoms with Gasteiger partial charge in [0.2, 0.25) is 0 Å². The fourth-order valence-electron chi connectivity index (χ4n) is 1.37. The summed E-state index contributed by atoms with van der Waals surface area (Å²) in [6.07, 6.45) is 2.03. The Morgan fingerprint density at radius 2 is 2.31 bits per heavy atom. The molecule has 0 aromatic carbocycles. The van der Waals surface area contributed by atoms with E-state index in [9.17, 15) is 9.90 Å². The van der Waals surface area contributed by atoms with Gasteiger partial charge >= 0.3 is 0 Å². The number of carbonyl (C=O) groups excluding carboxylic acids is 1. The van der Waals surface area contributed by atoms with Crippen LogP contribution in [0.1, 0.15) is 30.8 Å². The van der Waals surface area contributed by atoms with E-state index in [4.69, 9.17) is 0 Å². The number of nitrogens with zero attached hydrogens (tertiary/aromatic N) is 1. The summed E-state index contributed by atoms with van der Waals surface area (Å²) in [5.41, 5.74) is 0.609. The molecular weight excluding hydrogens is 272 g/mol. The van der Waals surface area contributed by atoms with Crippen LogP contribution in [-0.2, 0) is 6.54 Å². The van der Waals surface area contributed by atoms with E-state index in [2.05, 4.69) is 21.2 Å². The van der Waals surface area contributed by atoms with Gasteiger partial charge in [-0.1, -0.05) is 6.92 Å². The number of amides is 1. The van der Waals surface area contributed by atoms with Crippen LogP contribution in [0.3, 0.4) is 0 Å². The molecule has 1 atom stereocenters. The van der Waals surface area contributed by atoms with Gasteiger partial charge < -0.3 is 15.0 Å². The highest BCUT2D eigenvalue weighted by atomic mass is 79.9. The van der Waals surface area contributed by atoms with Gasteiger partial charge in [-0.2, -0.15) is 0 Å². The van der Waals surface area contributed by atoms with E-state index < -0.39 is 6.10 Å². The van der Waals surface area contributed by atoms with Crippen LogP contribution in [0.25, 0.3) is 0 Å². The molecule has 2 N–H and O–H groups in total. The fourth-order valence-corrected chi connectivity index (χ4v) is 1.84. The number of aliphatic hydroxyl groups is 1. The van der Waals surface area contributed by atoms with Crippen molar-refractivity contribution in [1.29, 1.82) is 0 Å². The highest BCUT2D eigenvalue weighted by molar-refractivity contribution is 9.10. The molecule has 16 heavy (non-hydrogen) atoms. The van der Waals surface area contributed by atoms with E-state index in [-0.39, 0.29) is 5.91 Å². The van der Waals surface area contributed by atoms with Gasteiger partial charge in [0.15, 0.2) is 0 Å². The van der Waals surface area contributed by atoms with Crippen molar-refractivity contribution in [3.05, 3.63) is 22.4 Å². The average molecular weight is 289 g/mol. The Bertz CT molecular complexity index is 363. The first kappa shape index (κ1) is 13.3. The number of nitrogens with one attached hydrogen (secondary N) is 1. The molecule has 0 radical (unpaired) electrons. The van der Waals surface area contributed by atoms with Crippen molar-refractivity contribution in [3.8, 4) is 0 Å². The quantitative estimate of drug-likeness (QED) is 0.868. The first-order valence-corrected chi connectivity index (χ1v) is 6.19. The summed E-state index contributed by atoms with van der Waals surface area (Å²) in [5, 5.41) is 12.1. The van der Waals surface area contributed by atoms with E-state index in [0.717, 1.165) is 11.0 Å². The van der Waals surface area contributed by atoms with Gasteiger partial charge in [0.25, 0.3) is 5.91 Å². The van der Waals surface area contributed by atoms with E-state index in [0.29, 0.717) is 18.7 Å². The maximum Gasteiger partial charge on any atom is 0.268 e. The zero-order chi connectivity index (χ0) is 12.1. The second kappa shape index (κ2) is 6.06. The summed E-state index contributed by atoms with van der Waals surface area (Å²) >= 11 is 3.34. The number of hydrogen-bond donors (Lipinski definition) is 2. The Kier molecular flexibility index (Phi) is 5.02. The predicted octanol–water partition coefficient (Wildman–Crippen LogP) is 1.77. The molecule has 0 aliphatic heterocycles. The summed E-state index contributed by atoms with van der Waals surface area (Å²) in [6.45, 7) is 4.89. The van der Waals surface area contributed by atoms with Crippen molar-refractivity contribution >= 4 is 21.8 Å². The molecule has 1 aromatic rings. The van der Waals surface area contributed by atoms with Crippen molar-refractivity contribution in [1.82, 2.24) is 9.88 Å². The topological polar surface area (TPSA) is 54.3 Å². The molecule has 1 amide bonds. The first-order chi connectivity index (χ1) is 7.58. The Morgan fingerprint density at radius 1 is 1.62 bits per heavy atom. The van der Waals surface area contributed by atoms with Crippen molar-refractivity contribution in [2.75, 3.05) is 6.54 Å². The van der Waals surface area contributed by atoms with Gasteiger partial charge in [0, 0.05) is 23.8 Å². The molecule has 5 heteroatoms. The Labute approximate surface area is 104 Å². The zero-order valence-corrected chi connectivity index (χ0v) is 11.1. The van der Waals surface area contributed by atoms with Crippen molar-refractivity contribution in [2.24, 2.45) is 0 Å². The highest BCUT2D eigenvalue weighted by Gasteiger charge is 2.12.